The van der Waals surface area contributed by atoms with Gasteiger partial charge in [0.05, 0.1) is 0 Å². The molecule has 0 aliphatic rings. The number of aromatic hydroxyl groups is 1. The second-order valence-electron chi connectivity index (χ2n) is 4.26. The molecule has 0 unspecified atom stereocenters. The molecule has 20 heavy (non-hydrogen) atoms. The molecule has 0 aliphatic heterocycles. The van der Waals surface area contributed by atoms with Crippen LogP contribution >= 0.6 is 0 Å². The fourth-order valence-electron chi connectivity index (χ4n) is 1.88. The molecule has 0 spiro atoms. The number of phenols is 1. The standard InChI is InChI=1S/C15H16O.3CH3.Ti/c1-11(2)13-9-6-10-14(15(13)16)12-7-4-3-5-8-12;;;;/h3-11,16H,1-2H3;3*1H3;/q;3*-1;+3. The first-order chi connectivity index (χ1) is 7.70. The van der Waals surface area contributed by atoms with Crippen LogP contribution < -0.4 is 0 Å². The molecule has 1 N–H and O–H groups in total. The topological polar surface area (TPSA) is 20.2 Å². The van der Waals surface area contributed by atoms with Gasteiger partial charge in [-0.1, -0.05) is 62.4 Å². The fraction of sp³-hybridized carbons (Fsp3) is 0.167. The van der Waals surface area contributed by atoms with E-state index < -0.39 is 0 Å². The maximum Gasteiger partial charge on any atom is 3.00 e. The summed E-state index contributed by atoms with van der Waals surface area (Å²) in [6.45, 7) is 4.17. The molecule has 0 saturated heterocycles. The summed E-state index contributed by atoms with van der Waals surface area (Å²) in [4.78, 5) is 0. The summed E-state index contributed by atoms with van der Waals surface area (Å²) in [6, 6.07) is 15.9. The third-order valence-electron chi connectivity index (χ3n) is 2.77. The first-order valence-corrected chi connectivity index (χ1v) is 5.57. The van der Waals surface area contributed by atoms with Crippen molar-refractivity contribution in [2.45, 2.75) is 19.8 Å². The zero-order valence-corrected chi connectivity index (χ0v) is 14.7. The van der Waals surface area contributed by atoms with Gasteiger partial charge in [0.15, 0.2) is 0 Å². The second kappa shape index (κ2) is 10.7. The summed E-state index contributed by atoms with van der Waals surface area (Å²) in [5.41, 5.74) is 2.97. The van der Waals surface area contributed by atoms with Gasteiger partial charge in [0.2, 0.25) is 0 Å². The number of rotatable bonds is 2. The molecule has 1 radical (unpaired) electrons. The van der Waals surface area contributed by atoms with E-state index in [4.69, 9.17) is 0 Å². The van der Waals surface area contributed by atoms with Crippen LogP contribution in [0.15, 0.2) is 48.5 Å². The van der Waals surface area contributed by atoms with Crippen LogP contribution in [-0.2, 0) is 21.7 Å². The predicted octanol–water partition coefficient (Wildman–Crippen LogP) is 5.53. The quantitative estimate of drug-likeness (QED) is 0.571. The molecular formula is C18H25OTi. The zero-order valence-electron chi connectivity index (χ0n) is 13.1. The van der Waals surface area contributed by atoms with E-state index in [9.17, 15) is 5.11 Å². The molecule has 2 heteroatoms. The van der Waals surface area contributed by atoms with Gasteiger partial charge in [-0.3, -0.25) is 0 Å². The van der Waals surface area contributed by atoms with Gasteiger partial charge >= 0.3 is 21.7 Å². The summed E-state index contributed by atoms with van der Waals surface area (Å²) in [5.74, 6) is 0.743. The Bertz CT molecular complexity index is 478. The fourth-order valence-corrected chi connectivity index (χ4v) is 1.88. The average molecular weight is 305 g/mol. The molecule has 2 rings (SSSR count). The molecule has 2 aromatic rings. The summed E-state index contributed by atoms with van der Waals surface area (Å²) in [6.07, 6.45) is 0. The van der Waals surface area contributed by atoms with Gasteiger partial charge in [0.1, 0.15) is 5.75 Å². The molecule has 1 nitrogen and oxygen atoms in total. The molecule has 0 aliphatic carbocycles. The van der Waals surface area contributed by atoms with Crippen LogP contribution in [0.2, 0.25) is 0 Å². The van der Waals surface area contributed by atoms with Crippen molar-refractivity contribution in [3.05, 3.63) is 76.4 Å². The number of para-hydroxylation sites is 1. The van der Waals surface area contributed by atoms with Crippen LogP contribution in [0.3, 0.4) is 0 Å². The Morgan fingerprint density at radius 1 is 0.800 bits per heavy atom. The molecule has 0 aromatic heterocycles. The first kappa shape index (κ1) is 24.0. The molecule has 107 valence electrons. The SMILES string of the molecule is CC(C)c1cccc(-c2ccccc2)c1O.[CH3-].[CH3-].[CH3-].[Ti+3]. The molecule has 0 amide bonds. The van der Waals surface area contributed by atoms with Gasteiger partial charge in [-0.2, -0.15) is 0 Å². The summed E-state index contributed by atoms with van der Waals surface area (Å²) in [5, 5.41) is 10.2. The van der Waals surface area contributed by atoms with Crippen molar-refractivity contribution in [2.24, 2.45) is 0 Å². The van der Waals surface area contributed by atoms with E-state index in [-0.39, 0.29) is 44.0 Å². The maximum absolute atomic E-state index is 10.2. The Labute approximate surface area is 139 Å². The molecule has 0 saturated carbocycles. The first-order valence-electron chi connectivity index (χ1n) is 5.57. The van der Waals surface area contributed by atoms with Gasteiger partial charge in [-0.25, -0.2) is 0 Å². The summed E-state index contributed by atoms with van der Waals surface area (Å²) in [7, 11) is 0. The minimum atomic E-state index is 0. The Kier molecular flexibility index (Phi) is 12.9. The van der Waals surface area contributed by atoms with Crippen LogP contribution in [0.5, 0.6) is 5.75 Å². The van der Waals surface area contributed by atoms with Crippen molar-refractivity contribution in [3.8, 4) is 16.9 Å². The second-order valence-corrected chi connectivity index (χ2v) is 4.26. The van der Waals surface area contributed by atoms with Crippen LogP contribution in [0, 0.1) is 22.3 Å². The van der Waals surface area contributed by atoms with Gasteiger partial charge < -0.3 is 27.4 Å². The monoisotopic (exact) mass is 305 g/mol. The predicted molar refractivity (Wildman–Crippen MR) is 86.9 cm³/mol. The van der Waals surface area contributed by atoms with E-state index in [2.05, 4.69) is 13.8 Å². The van der Waals surface area contributed by atoms with Crippen molar-refractivity contribution in [3.63, 3.8) is 0 Å². The van der Waals surface area contributed by atoms with Gasteiger partial charge in [0.25, 0.3) is 0 Å². The Hall–Kier alpha value is -1.05. The van der Waals surface area contributed by atoms with E-state index in [1.165, 1.54) is 0 Å². The summed E-state index contributed by atoms with van der Waals surface area (Å²) >= 11 is 0. The number of benzene rings is 2. The van der Waals surface area contributed by atoms with E-state index in [0.29, 0.717) is 11.7 Å². The van der Waals surface area contributed by atoms with Gasteiger partial charge in [0, 0.05) is 5.56 Å². The van der Waals surface area contributed by atoms with Crippen LogP contribution in [0.25, 0.3) is 11.1 Å². The van der Waals surface area contributed by atoms with Crippen LogP contribution in [0.4, 0.5) is 0 Å². The number of phenolic OH excluding ortho intramolecular Hbond substituents is 1. The third-order valence-corrected chi connectivity index (χ3v) is 2.77. The Morgan fingerprint density at radius 3 is 1.85 bits per heavy atom. The minimum Gasteiger partial charge on any atom is -0.507 e. The van der Waals surface area contributed by atoms with Gasteiger partial charge in [-0.15, -0.1) is 0 Å². The smallest absolute Gasteiger partial charge is 0.507 e. The molecule has 0 heterocycles. The van der Waals surface area contributed by atoms with E-state index in [0.717, 1.165) is 16.7 Å². The molecule has 2 aromatic carbocycles. The molecule has 0 fully saturated rings. The molecular weight excluding hydrogens is 280 g/mol. The Morgan fingerprint density at radius 2 is 1.35 bits per heavy atom. The van der Waals surface area contributed by atoms with Crippen molar-refractivity contribution in [2.75, 3.05) is 0 Å². The van der Waals surface area contributed by atoms with Gasteiger partial charge in [-0.05, 0) is 17.0 Å². The third kappa shape index (κ3) is 5.15. The Balaban J connectivity index is -0.000000722. The van der Waals surface area contributed by atoms with E-state index in [1.54, 1.807) is 0 Å². The molecule has 0 atom stereocenters. The normalized spacial score (nSPS) is 8.55. The largest absolute Gasteiger partial charge is 3.00 e. The number of hydrogen-bond acceptors (Lipinski definition) is 1. The van der Waals surface area contributed by atoms with Crippen molar-refractivity contribution in [1.82, 2.24) is 0 Å². The van der Waals surface area contributed by atoms with Crippen molar-refractivity contribution in [1.29, 1.82) is 0 Å². The molecule has 0 bridgehead atoms. The van der Waals surface area contributed by atoms with Crippen molar-refractivity contribution >= 4 is 0 Å². The van der Waals surface area contributed by atoms with Crippen LogP contribution in [-0.4, -0.2) is 5.11 Å². The minimum absolute atomic E-state index is 0. The summed E-state index contributed by atoms with van der Waals surface area (Å²) < 4.78 is 0. The van der Waals surface area contributed by atoms with Crippen molar-refractivity contribution < 1.29 is 26.8 Å². The average Bonchev–Trinajstić information content (AvgIpc) is 2.30. The van der Waals surface area contributed by atoms with Crippen LogP contribution in [0.1, 0.15) is 25.3 Å². The zero-order chi connectivity index (χ0) is 11.5. The maximum atomic E-state index is 10.2. The number of hydrogen-bond donors (Lipinski definition) is 1. The van der Waals surface area contributed by atoms with E-state index >= 15 is 0 Å². The van der Waals surface area contributed by atoms with E-state index in [1.807, 2.05) is 48.5 Å².